The SMILES string of the molecule is C=C(C)CNc1cccc(F)c1. The number of nitrogens with one attached hydrogen (secondary N) is 1. The normalized spacial score (nSPS) is 9.50. The largest absolute Gasteiger partial charge is 0.381 e. The summed E-state index contributed by atoms with van der Waals surface area (Å²) in [5.74, 6) is -0.221. The average Bonchev–Trinajstić information content (AvgIpc) is 2.01. The van der Waals surface area contributed by atoms with Crippen molar-refractivity contribution in [3.8, 4) is 0 Å². The lowest BCUT2D eigenvalue weighted by Gasteiger charge is -2.04. The van der Waals surface area contributed by atoms with Gasteiger partial charge in [0.2, 0.25) is 0 Å². The zero-order valence-corrected chi connectivity index (χ0v) is 7.10. The van der Waals surface area contributed by atoms with Gasteiger partial charge in [-0.3, -0.25) is 0 Å². The van der Waals surface area contributed by atoms with Crippen LogP contribution in [0.4, 0.5) is 10.1 Å². The minimum absolute atomic E-state index is 0.221. The molecule has 0 heterocycles. The van der Waals surface area contributed by atoms with E-state index in [-0.39, 0.29) is 5.82 Å². The van der Waals surface area contributed by atoms with Crippen molar-refractivity contribution in [1.29, 1.82) is 0 Å². The van der Waals surface area contributed by atoms with Crippen LogP contribution in [0.3, 0.4) is 0 Å². The van der Waals surface area contributed by atoms with Gasteiger partial charge in [-0.15, -0.1) is 0 Å². The molecule has 1 aromatic rings. The highest BCUT2D eigenvalue weighted by Gasteiger charge is 1.92. The van der Waals surface area contributed by atoms with Gasteiger partial charge in [0, 0.05) is 12.2 Å². The second-order valence-electron chi connectivity index (χ2n) is 2.82. The molecule has 1 nitrogen and oxygen atoms in total. The summed E-state index contributed by atoms with van der Waals surface area (Å²) in [4.78, 5) is 0. The highest BCUT2D eigenvalue weighted by Crippen LogP contribution is 2.08. The molecule has 12 heavy (non-hydrogen) atoms. The second-order valence-corrected chi connectivity index (χ2v) is 2.82. The molecule has 0 atom stereocenters. The standard InChI is InChI=1S/C10H12FN/c1-8(2)7-12-10-5-3-4-9(11)6-10/h3-6,12H,1,7H2,2H3. The maximum Gasteiger partial charge on any atom is 0.125 e. The maximum absolute atomic E-state index is 12.6. The molecule has 2 heteroatoms. The van der Waals surface area contributed by atoms with Gasteiger partial charge in [-0.2, -0.15) is 0 Å². The van der Waals surface area contributed by atoms with E-state index in [4.69, 9.17) is 0 Å². The molecular formula is C10H12FN. The third kappa shape index (κ3) is 2.74. The van der Waals surface area contributed by atoms with Crippen LogP contribution >= 0.6 is 0 Å². The molecule has 0 aliphatic rings. The Morgan fingerprint density at radius 1 is 1.58 bits per heavy atom. The highest BCUT2D eigenvalue weighted by atomic mass is 19.1. The van der Waals surface area contributed by atoms with Crippen LogP contribution in [0.5, 0.6) is 0 Å². The lowest BCUT2D eigenvalue weighted by Crippen LogP contribution is -2.01. The summed E-state index contributed by atoms with van der Waals surface area (Å²) in [5, 5.41) is 3.05. The van der Waals surface area contributed by atoms with Crippen molar-refractivity contribution < 1.29 is 4.39 Å². The molecule has 0 unspecified atom stereocenters. The second kappa shape index (κ2) is 3.90. The summed E-state index contributed by atoms with van der Waals surface area (Å²) in [6.45, 7) is 6.34. The van der Waals surface area contributed by atoms with Crippen LogP contribution in [0, 0.1) is 5.82 Å². The Morgan fingerprint density at radius 3 is 2.92 bits per heavy atom. The monoisotopic (exact) mass is 165 g/mol. The van der Waals surface area contributed by atoms with Gasteiger partial charge in [0.1, 0.15) is 5.82 Å². The zero-order chi connectivity index (χ0) is 8.97. The molecule has 0 aliphatic carbocycles. The Bertz CT molecular complexity index is 281. The van der Waals surface area contributed by atoms with E-state index in [9.17, 15) is 4.39 Å². The van der Waals surface area contributed by atoms with E-state index in [1.165, 1.54) is 12.1 Å². The molecule has 64 valence electrons. The van der Waals surface area contributed by atoms with Crippen molar-refractivity contribution in [3.05, 3.63) is 42.2 Å². The van der Waals surface area contributed by atoms with Gasteiger partial charge >= 0.3 is 0 Å². The van der Waals surface area contributed by atoms with E-state index in [1.54, 1.807) is 6.07 Å². The van der Waals surface area contributed by atoms with Gasteiger partial charge in [-0.05, 0) is 25.1 Å². The first-order valence-electron chi connectivity index (χ1n) is 3.82. The molecule has 0 spiro atoms. The third-order valence-electron chi connectivity index (χ3n) is 1.42. The number of benzene rings is 1. The van der Waals surface area contributed by atoms with Crippen molar-refractivity contribution >= 4 is 5.69 Å². The molecule has 1 rings (SSSR count). The summed E-state index contributed by atoms with van der Waals surface area (Å²) < 4.78 is 12.6. The number of hydrogen-bond acceptors (Lipinski definition) is 1. The predicted molar refractivity (Wildman–Crippen MR) is 49.7 cm³/mol. The number of hydrogen-bond donors (Lipinski definition) is 1. The van der Waals surface area contributed by atoms with Gasteiger partial charge in [-0.25, -0.2) is 4.39 Å². The quantitative estimate of drug-likeness (QED) is 0.679. The Balaban J connectivity index is 2.57. The number of anilines is 1. The minimum atomic E-state index is -0.221. The zero-order valence-electron chi connectivity index (χ0n) is 7.10. The van der Waals surface area contributed by atoms with Crippen molar-refractivity contribution in [2.45, 2.75) is 6.92 Å². The summed E-state index contributed by atoms with van der Waals surface area (Å²) in [6, 6.07) is 6.39. The molecule has 0 fully saturated rings. The first-order chi connectivity index (χ1) is 5.68. The van der Waals surface area contributed by atoms with Crippen molar-refractivity contribution in [2.24, 2.45) is 0 Å². The van der Waals surface area contributed by atoms with Crippen LogP contribution in [-0.4, -0.2) is 6.54 Å². The Hall–Kier alpha value is -1.31. The molecule has 0 saturated heterocycles. The van der Waals surface area contributed by atoms with Crippen LogP contribution in [0.2, 0.25) is 0 Å². The molecule has 1 aromatic carbocycles. The molecular weight excluding hydrogens is 153 g/mol. The van der Waals surface area contributed by atoms with Gasteiger partial charge < -0.3 is 5.32 Å². The summed E-state index contributed by atoms with van der Waals surface area (Å²) in [6.07, 6.45) is 0. The van der Waals surface area contributed by atoms with E-state index in [0.29, 0.717) is 6.54 Å². The van der Waals surface area contributed by atoms with E-state index in [0.717, 1.165) is 11.3 Å². The van der Waals surface area contributed by atoms with Crippen LogP contribution in [0.25, 0.3) is 0 Å². The first-order valence-corrected chi connectivity index (χ1v) is 3.82. The number of halogens is 1. The topological polar surface area (TPSA) is 12.0 Å². The molecule has 1 N–H and O–H groups in total. The summed E-state index contributed by atoms with van der Waals surface area (Å²) in [7, 11) is 0. The molecule has 0 aliphatic heterocycles. The van der Waals surface area contributed by atoms with Crippen LogP contribution in [0.15, 0.2) is 36.4 Å². The van der Waals surface area contributed by atoms with Crippen LogP contribution in [0.1, 0.15) is 6.92 Å². The van der Waals surface area contributed by atoms with Crippen molar-refractivity contribution in [1.82, 2.24) is 0 Å². The predicted octanol–water partition coefficient (Wildman–Crippen LogP) is 2.81. The van der Waals surface area contributed by atoms with E-state index in [1.807, 2.05) is 13.0 Å². The smallest absolute Gasteiger partial charge is 0.125 e. The fourth-order valence-corrected chi connectivity index (χ4v) is 0.851. The minimum Gasteiger partial charge on any atom is -0.381 e. The summed E-state index contributed by atoms with van der Waals surface area (Å²) in [5.41, 5.74) is 1.82. The molecule has 0 amide bonds. The van der Waals surface area contributed by atoms with Gasteiger partial charge in [0.25, 0.3) is 0 Å². The van der Waals surface area contributed by atoms with Crippen molar-refractivity contribution in [3.63, 3.8) is 0 Å². The Kier molecular flexibility index (Phi) is 2.86. The van der Waals surface area contributed by atoms with E-state index >= 15 is 0 Å². The Labute approximate surface area is 71.9 Å². The van der Waals surface area contributed by atoms with Gasteiger partial charge in [-0.1, -0.05) is 18.2 Å². The lowest BCUT2D eigenvalue weighted by molar-refractivity contribution is 0.628. The average molecular weight is 165 g/mol. The van der Waals surface area contributed by atoms with Crippen LogP contribution in [-0.2, 0) is 0 Å². The third-order valence-corrected chi connectivity index (χ3v) is 1.42. The Morgan fingerprint density at radius 2 is 2.33 bits per heavy atom. The highest BCUT2D eigenvalue weighted by molar-refractivity contribution is 5.43. The number of rotatable bonds is 3. The first kappa shape index (κ1) is 8.78. The van der Waals surface area contributed by atoms with E-state index in [2.05, 4.69) is 11.9 Å². The van der Waals surface area contributed by atoms with Crippen LogP contribution < -0.4 is 5.32 Å². The fourth-order valence-electron chi connectivity index (χ4n) is 0.851. The fraction of sp³-hybridized carbons (Fsp3) is 0.200. The molecule has 0 radical (unpaired) electrons. The van der Waals surface area contributed by atoms with Gasteiger partial charge in [0.15, 0.2) is 0 Å². The summed E-state index contributed by atoms with van der Waals surface area (Å²) >= 11 is 0. The van der Waals surface area contributed by atoms with Gasteiger partial charge in [0.05, 0.1) is 0 Å². The molecule has 0 aromatic heterocycles. The maximum atomic E-state index is 12.6. The molecule has 0 bridgehead atoms. The molecule has 0 saturated carbocycles. The van der Waals surface area contributed by atoms with E-state index < -0.39 is 0 Å². The lowest BCUT2D eigenvalue weighted by atomic mass is 10.3. The van der Waals surface area contributed by atoms with Crippen molar-refractivity contribution in [2.75, 3.05) is 11.9 Å².